The summed E-state index contributed by atoms with van der Waals surface area (Å²) in [5, 5.41) is 2.58. The molecule has 0 fully saturated rings. The molecule has 2 N–H and O–H groups in total. The van der Waals surface area contributed by atoms with Crippen LogP contribution < -0.4 is 10.0 Å². The average molecular weight is 319 g/mol. The van der Waals surface area contributed by atoms with Gasteiger partial charge in [-0.3, -0.25) is 4.79 Å². The van der Waals surface area contributed by atoms with Gasteiger partial charge in [-0.15, -0.1) is 11.6 Å². The first-order chi connectivity index (χ1) is 9.26. The molecule has 7 heteroatoms. The standard InChI is InChI=1S/C13H19ClN2O3S/c1-9(2)13(8-14)16-20(18,19)12-6-4-11(5-7-12)15-10(3)17/h4-7,9,13,16H,8H2,1-3H3,(H,15,17). The molecular formula is C13H19ClN2O3S. The van der Waals surface area contributed by atoms with Gasteiger partial charge in [-0.2, -0.15) is 0 Å². The molecule has 1 unspecified atom stereocenters. The third kappa shape index (κ3) is 4.77. The van der Waals surface area contributed by atoms with Crippen LogP contribution in [0.4, 0.5) is 5.69 Å². The van der Waals surface area contributed by atoms with Gasteiger partial charge in [-0.05, 0) is 30.2 Å². The fourth-order valence-corrected chi connectivity index (χ4v) is 3.44. The Morgan fingerprint density at radius 1 is 1.25 bits per heavy atom. The molecule has 1 amide bonds. The van der Waals surface area contributed by atoms with E-state index in [1.54, 1.807) is 12.1 Å². The zero-order chi connectivity index (χ0) is 15.3. The summed E-state index contributed by atoms with van der Waals surface area (Å²) in [7, 11) is -3.61. The largest absolute Gasteiger partial charge is 0.326 e. The Hall–Kier alpha value is -1.11. The molecule has 1 rings (SSSR count). The molecule has 0 aromatic heterocycles. The number of carbonyl (C=O) groups excluding carboxylic acids is 1. The maximum absolute atomic E-state index is 12.2. The van der Waals surface area contributed by atoms with Gasteiger partial charge < -0.3 is 5.32 Å². The molecule has 0 aliphatic rings. The zero-order valence-corrected chi connectivity index (χ0v) is 13.3. The maximum atomic E-state index is 12.2. The van der Waals surface area contributed by atoms with Gasteiger partial charge in [-0.1, -0.05) is 13.8 Å². The molecule has 0 bridgehead atoms. The molecule has 0 radical (unpaired) electrons. The number of anilines is 1. The minimum Gasteiger partial charge on any atom is -0.326 e. The van der Waals surface area contributed by atoms with Crippen LogP contribution >= 0.6 is 11.6 Å². The molecule has 1 atom stereocenters. The Kier molecular flexibility index (Phi) is 5.98. The van der Waals surface area contributed by atoms with E-state index in [4.69, 9.17) is 11.6 Å². The lowest BCUT2D eigenvalue weighted by atomic mass is 10.1. The first-order valence-electron chi connectivity index (χ1n) is 6.22. The van der Waals surface area contributed by atoms with Gasteiger partial charge in [0.25, 0.3) is 0 Å². The summed E-state index contributed by atoms with van der Waals surface area (Å²) in [4.78, 5) is 11.0. The Morgan fingerprint density at radius 3 is 2.20 bits per heavy atom. The summed E-state index contributed by atoms with van der Waals surface area (Å²) in [6.45, 7) is 5.19. The second-order valence-corrected chi connectivity index (χ2v) is 6.85. The van der Waals surface area contributed by atoms with Crippen molar-refractivity contribution in [1.29, 1.82) is 0 Å². The highest BCUT2D eigenvalue weighted by Gasteiger charge is 2.21. The number of hydrogen-bond donors (Lipinski definition) is 2. The monoisotopic (exact) mass is 318 g/mol. The van der Waals surface area contributed by atoms with E-state index in [1.807, 2.05) is 13.8 Å². The Morgan fingerprint density at radius 2 is 1.80 bits per heavy atom. The third-order valence-electron chi connectivity index (χ3n) is 2.76. The van der Waals surface area contributed by atoms with Crippen molar-refractivity contribution in [3.05, 3.63) is 24.3 Å². The lowest BCUT2D eigenvalue weighted by Crippen LogP contribution is -2.39. The van der Waals surface area contributed by atoms with Crippen molar-refractivity contribution in [2.45, 2.75) is 31.7 Å². The molecule has 20 heavy (non-hydrogen) atoms. The molecule has 0 aliphatic carbocycles. The predicted octanol–water partition coefficient (Wildman–Crippen LogP) is 2.19. The zero-order valence-electron chi connectivity index (χ0n) is 11.7. The van der Waals surface area contributed by atoms with Crippen molar-refractivity contribution in [1.82, 2.24) is 4.72 Å². The van der Waals surface area contributed by atoms with Gasteiger partial charge in [0.05, 0.1) is 4.90 Å². The number of halogens is 1. The Balaban J connectivity index is 2.90. The minimum atomic E-state index is -3.61. The van der Waals surface area contributed by atoms with Crippen molar-refractivity contribution in [3.8, 4) is 0 Å². The fraction of sp³-hybridized carbons (Fsp3) is 0.462. The number of sulfonamides is 1. The summed E-state index contributed by atoms with van der Waals surface area (Å²) in [6.07, 6.45) is 0. The predicted molar refractivity (Wildman–Crippen MR) is 80.4 cm³/mol. The highest BCUT2D eigenvalue weighted by molar-refractivity contribution is 7.89. The first kappa shape index (κ1) is 16.9. The molecule has 1 aromatic carbocycles. The molecule has 0 saturated heterocycles. The van der Waals surface area contributed by atoms with Crippen LogP contribution in [0, 0.1) is 5.92 Å². The molecule has 0 aliphatic heterocycles. The van der Waals surface area contributed by atoms with Crippen LogP contribution in [0.3, 0.4) is 0 Å². The number of carbonyl (C=O) groups is 1. The molecule has 112 valence electrons. The number of benzene rings is 1. The second-order valence-electron chi connectivity index (χ2n) is 4.83. The summed E-state index contributed by atoms with van der Waals surface area (Å²) in [6, 6.07) is 5.65. The van der Waals surface area contributed by atoms with Crippen LogP contribution in [0.1, 0.15) is 20.8 Å². The summed E-state index contributed by atoms with van der Waals surface area (Å²) in [5.41, 5.74) is 0.550. The van der Waals surface area contributed by atoms with Crippen LogP contribution in [0.15, 0.2) is 29.2 Å². The van der Waals surface area contributed by atoms with E-state index in [0.717, 1.165) is 0 Å². The van der Waals surface area contributed by atoms with Crippen LogP contribution in [0.25, 0.3) is 0 Å². The van der Waals surface area contributed by atoms with Crippen molar-refractivity contribution in [2.24, 2.45) is 5.92 Å². The molecule has 0 heterocycles. The lowest BCUT2D eigenvalue weighted by Gasteiger charge is -2.19. The normalized spacial score (nSPS) is 13.2. The third-order valence-corrected chi connectivity index (χ3v) is 4.60. The molecule has 0 spiro atoms. The highest BCUT2D eigenvalue weighted by Crippen LogP contribution is 2.16. The number of alkyl halides is 1. The number of hydrogen-bond acceptors (Lipinski definition) is 3. The second kappa shape index (κ2) is 7.06. The summed E-state index contributed by atoms with van der Waals surface area (Å²) in [5.74, 6) is 0.0996. The van der Waals surface area contributed by atoms with E-state index in [1.165, 1.54) is 19.1 Å². The molecule has 0 saturated carbocycles. The smallest absolute Gasteiger partial charge is 0.240 e. The van der Waals surface area contributed by atoms with Crippen LogP contribution in [-0.4, -0.2) is 26.2 Å². The van der Waals surface area contributed by atoms with E-state index < -0.39 is 10.0 Å². The van der Waals surface area contributed by atoms with E-state index >= 15 is 0 Å². The number of nitrogens with one attached hydrogen (secondary N) is 2. The summed E-state index contributed by atoms with van der Waals surface area (Å²) >= 11 is 5.76. The van der Waals surface area contributed by atoms with Crippen LogP contribution in [0.2, 0.25) is 0 Å². The first-order valence-corrected chi connectivity index (χ1v) is 8.24. The molecule has 1 aromatic rings. The van der Waals surface area contributed by atoms with Crippen LogP contribution in [-0.2, 0) is 14.8 Å². The average Bonchev–Trinajstić information content (AvgIpc) is 2.35. The van der Waals surface area contributed by atoms with E-state index in [0.29, 0.717) is 5.69 Å². The summed E-state index contributed by atoms with van der Waals surface area (Å²) < 4.78 is 26.9. The van der Waals surface area contributed by atoms with Crippen molar-refractivity contribution >= 4 is 33.2 Å². The van der Waals surface area contributed by atoms with Gasteiger partial charge >= 0.3 is 0 Å². The van der Waals surface area contributed by atoms with Gasteiger partial charge in [0, 0.05) is 24.5 Å². The Bertz CT molecular complexity index is 555. The van der Waals surface area contributed by atoms with Crippen molar-refractivity contribution in [2.75, 3.05) is 11.2 Å². The van der Waals surface area contributed by atoms with Crippen LogP contribution in [0.5, 0.6) is 0 Å². The number of amides is 1. The molecule has 5 nitrogen and oxygen atoms in total. The topological polar surface area (TPSA) is 75.3 Å². The highest BCUT2D eigenvalue weighted by atomic mass is 35.5. The van der Waals surface area contributed by atoms with Gasteiger partial charge in [0.2, 0.25) is 15.9 Å². The lowest BCUT2D eigenvalue weighted by molar-refractivity contribution is -0.114. The SMILES string of the molecule is CC(=O)Nc1ccc(S(=O)(=O)NC(CCl)C(C)C)cc1. The Labute approximate surface area is 124 Å². The maximum Gasteiger partial charge on any atom is 0.240 e. The van der Waals surface area contributed by atoms with E-state index in [2.05, 4.69) is 10.0 Å². The van der Waals surface area contributed by atoms with Crippen molar-refractivity contribution in [3.63, 3.8) is 0 Å². The van der Waals surface area contributed by atoms with Gasteiger partial charge in [-0.25, -0.2) is 13.1 Å². The van der Waals surface area contributed by atoms with E-state index in [-0.39, 0.29) is 28.6 Å². The van der Waals surface area contributed by atoms with E-state index in [9.17, 15) is 13.2 Å². The fourth-order valence-electron chi connectivity index (χ4n) is 1.53. The quantitative estimate of drug-likeness (QED) is 0.789. The molecular weight excluding hydrogens is 300 g/mol. The van der Waals surface area contributed by atoms with Gasteiger partial charge in [0.15, 0.2) is 0 Å². The van der Waals surface area contributed by atoms with Gasteiger partial charge in [0.1, 0.15) is 0 Å². The minimum absolute atomic E-state index is 0.0981. The number of rotatable bonds is 6. The van der Waals surface area contributed by atoms with Crippen molar-refractivity contribution < 1.29 is 13.2 Å².